The molecule has 0 saturated heterocycles. The molecule has 0 aliphatic rings. The Hall–Kier alpha value is -1.55. The molecule has 1 N–H and O–H groups in total. The average Bonchev–Trinajstić information content (AvgIpc) is 2.28. The minimum absolute atomic E-state index is 0.00618. The maximum atomic E-state index is 11.3. The normalized spacial score (nSPS) is 11.9. The third-order valence-corrected chi connectivity index (χ3v) is 1.94. The summed E-state index contributed by atoms with van der Waals surface area (Å²) in [5.74, 6) is 0.532. The van der Waals surface area contributed by atoms with Crippen LogP contribution in [0.5, 0.6) is 5.75 Å². The standard InChI is InChI=1S/C12H17NO3/c1-3-15-10(2)9-13-12(14)16-11-7-5-4-6-8-11/h4-8,10H,3,9H2,1-2H3,(H,13,14). The Labute approximate surface area is 95.6 Å². The van der Waals surface area contributed by atoms with Crippen LogP contribution in [-0.4, -0.2) is 25.3 Å². The summed E-state index contributed by atoms with van der Waals surface area (Å²) in [4.78, 5) is 11.3. The molecule has 0 bridgehead atoms. The van der Waals surface area contributed by atoms with E-state index in [2.05, 4.69) is 5.32 Å². The topological polar surface area (TPSA) is 47.6 Å². The van der Waals surface area contributed by atoms with Crippen molar-refractivity contribution in [3.63, 3.8) is 0 Å². The van der Waals surface area contributed by atoms with Crippen LogP contribution < -0.4 is 10.1 Å². The van der Waals surface area contributed by atoms with Gasteiger partial charge in [0.05, 0.1) is 6.10 Å². The molecule has 1 aromatic carbocycles. The molecule has 1 aromatic rings. The Morgan fingerprint density at radius 2 is 2.06 bits per heavy atom. The van der Waals surface area contributed by atoms with E-state index in [0.29, 0.717) is 18.9 Å². The predicted molar refractivity (Wildman–Crippen MR) is 61.6 cm³/mol. The molecule has 16 heavy (non-hydrogen) atoms. The van der Waals surface area contributed by atoms with Gasteiger partial charge in [0.25, 0.3) is 0 Å². The first-order valence-electron chi connectivity index (χ1n) is 5.34. The van der Waals surface area contributed by atoms with E-state index in [-0.39, 0.29) is 6.10 Å². The lowest BCUT2D eigenvalue weighted by molar-refractivity contribution is 0.0759. The third-order valence-electron chi connectivity index (χ3n) is 1.94. The van der Waals surface area contributed by atoms with Crippen molar-refractivity contribution in [2.75, 3.05) is 13.2 Å². The number of ether oxygens (including phenoxy) is 2. The van der Waals surface area contributed by atoms with Crippen molar-refractivity contribution in [1.82, 2.24) is 5.32 Å². The van der Waals surface area contributed by atoms with E-state index in [0.717, 1.165) is 0 Å². The first-order valence-corrected chi connectivity index (χ1v) is 5.34. The largest absolute Gasteiger partial charge is 0.412 e. The van der Waals surface area contributed by atoms with Crippen LogP contribution in [-0.2, 0) is 4.74 Å². The van der Waals surface area contributed by atoms with Gasteiger partial charge in [-0.1, -0.05) is 18.2 Å². The molecule has 88 valence electrons. The number of benzene rings is 1. The van der Waals surface area contributed by atoms with Crippen molar-refractivity contribution in [2.24, 2.45) is 0 Å². The van der Waals surface area contributed by atoms with Crippen molar-refractivity contribution in [2.45, 2.75) is 20.0 Å². The van der Waals surface area contributed by atoms with Crippen LogP contribution in [0.1, 0.15) is 13.8 Å². The van der Waals surface area contributed by atoms with E-state index in [9.17, 15) is 4.79 Å². The van der Waals surface area contributed by atoms with Gasteiger partial charge in [-0.05, 0) is 26.0 Å². The fourth-order valence-corrected chi connectivity index (χ4v) is 1.20. The Balaban J connectivity index is 2.26. The predicted octanol–water partition coefficient (Wildman–Crippen LogP) is 2.20. The van der Waals surface area contributed by atoms with Crippen LogP contribution >= 0.6 is 0 Å². The number of amides is 1. The molecule has 0 heterocycles. The zero-order chi connectivity index (χ0) is 11.8. The highest BCUT2D eigenvalue weighted by molar-refractivity contribution is 5.70. The van der Waals surface area contributed by atoms with Crippen molar-refractivity contribution in [3.8, 4) is 5.75 Å². The molecule has 1 atom stereocenters. The van der Waals surface area contributed by atoms with Gasteiger partial charge in [-0.15, -0.1) is 0 Å². The second-order valence-electron chi connectivity index (χ2n) is 3.35. The maximum Gasteiger partial charge on any atom is 0.412 e. The lowest BCUT2D eigenvalue weighted by atomic mass is 10.3. The molecule has 1 unspecified atom stereocenters. The summed E-state index contributed by atoms with van der Waals surface area (Å²) in [7, 11) is 0. The van der Waals surface area contributed by atoms with Crippen molar-refractivity contribution in [1.29, 1.82) is 0 Å². The quantitative estimate of drug-likeness (QED) is 0.832. The van der Waals surface area contributed by atoms with E-state index >= 15 is 0 Å². The molecule has 4 heteroatoms. The van der Waals surface area contributed by atoms with Gasteiger partial charge in [-0.3, -0.25) is 0 Å². The summed E-state index contributed by atoms with van der Waals surface area (Å²) in [6, 6.07) is 8.94. The minimum Gasteiger partial charge on any atom is -0.410 e. The molecule has 1 rings (SSSR count). The van der Waals surface area contributed by atoms with E-state index < -0.39 is 6.09 Å². The van der Waals surface area contributed by atoms with Gasteiger partial charge < -0.3 is 14.8 Å². The Morgan fingerprint density at radius 1 is 1.38 bits per heavy atom. The van der Waals surface area contributed by atoms with Gasteiger partial charge in [0, 0.05) is 13.2 Å². The fraction of sp³-hybridized carbons (Fsp3) is 0.417. The molecule has 0 aliphatic heterocycles. The molecule has 0 saturated carbocycles. The van der Waals surface area contributed by atoms with Gasteiger partial charge in [0.15, 0.2) is 0 Å². The maximum absolute atomic E-state index is 11.3. The zero-order valence-corrected chi connectivity index (χ0v) is 9.60. The molecule has 1 amide bonds. The van der Waals surface area contributed by atoms with Gasteiger partial charge in [-0.2, -0.15) is 0 Å². The number of carbonyl (C=O) groups excluding carboxylic acids is 1. The lowest BCUT2D eigenvalue weighted by Crippen LogP contribution is -2.34. The third kappa shape index (κ3) is 4.79. The van der Waals surface area contributed by atoms with Crippen LogP contribution in [0.2, 0.25) is 0 Å². The molecule has 4 nitrogen and oxygen atoms in total. The van der Waals surface area contributed by atoms with Gasteiger partial charge in [0.1, 0.15) is 5.75 Å². The molecule has 0 radical (unpaired) electrons. The molecular weight excluding hydrogens is 206 g/mol. The smallest absolute Gasteiger partial charge is 0.410 e. The van der Waals surface area contributed by atoms with E-state index in [1.54, 1.807) is 12.1 Å². The number of hydrogen-bond acceptors (Lipinski definition) is 3. The number of hydrogen-bond donors (Lipinski definition) is 1. The highest BCUT2D eigenvalue weighted by Gasteiger charge is 2.06. The van der Waals surface area contributed by atoms with Crippen molar-refractivity contribution in [3.05, 3.63) is 30.3 Å². The van der Waals surface area contributed by atoms with Gasteiger partial charge in [0.2, 0.25) is 0 Å². The average molecular weight is 223 g/mol. The highest BCUT2D eigenvalue weighted by Crippen LogP contribution is 2.07. The summed E-state index contributed by atoms with van der Waals surface area (Å²) in [6.45, 7) is 4.89. The Bertz CT molecular complexity index is 313. The van der Waals surface area contributed by atoms with Crippen LogP contribution in [0.3, 0.4) is 0 Å². The second kappa shape index (κ2) is 6.85. The number of para-hydroxylation sites is 1. The molecule has 0 fully saturated rings. The van der Waals surface area contributed by atoms with Crippen LogP contribution in [0.15, 0.2) is 30.3 Å². The van der Waals surface area contributed by atoms with Gasteiger partial charge in [-0.25, -0.2) is 4.79 Å². The summed E-state index contributed by atoms with van der Waals surface area (Å²) in [5.41, 5.74) is 0. The van der Waals surface area contributed by atoms with Crippen LogP contribution in [0.25, 0.3) is 0 Å². The number of nitrogens with one attached hydrogen (secondary N) is 1. The zero-order valence-electron chi connectivity index (χ0n) is 9.60. The summed E-state index contributed by atoms with van der Waals surface area (Å²) in [5, 5.41) is 2.63. The van der Waals surface area contributed by atoms with Crippen LogP contribution in [0.4, 0.5) is 4.79 Å². The first-order chi connectivity index (χ1) is 7.72. The molecular formula is C12H17NO3. The van der Waals surface area contributed by atoms with E-state index in [1.807, 2.05) is 32.0 Å². The summed E-state index contributed by atoms with van der Waals surface area (Å²) >= 11 is 0. The fourth-order valence-electron chi connectivity index (χ4n) is 1.20. The molecule has 0 aliphatic carbocycles. The Kier molecular flexibility index (Phi) is 5.36. The van der Waals surface area contributed by atoms with E-state index in [4.69, 9.17) is 9.47 Å². The Morgan fingerprint density at radius 3 is 2.69 bits per heavy atom. The SMILES string of the molecule is CCOC(C)CNC(=O)Oc1ccccc1. The number of rotatable bonds is 5. The first kappa shape index (κ1) is 12.5. The highest BCUT2D eigenvalue weighted by atomic mass is 16.6. The van der Waals surface area contributed by atoms with Crippen LogP contribution in [0, 0.1) is 0 Å². The van der Waals surface area contributed by atoms with Crippen molar-refractivity contribution >= 4 is 6.09 Å². The van der Waals surface area contributed by atoms with Crippen molar-refractivity contribution < 1.29 is 14.3 Å². The second-order valence-corrected chi connectivity index (χ2v) is 3.35. The van der Waals surface area contributed by atoms with Gasteiger partial charge >= 0.3 is 6.09 Å². The molecule has 0 spiro atoms. The lowest BCUT2D eigenvalue weighted by Gasteiger charge is -2.12. The van der Waals surface area contributed by atoms with E-state index in [1.165, 1.54) is 0 Å². The summed E-state index contributed by atoms with van der Waals surface area (Å²) < 4.78 is 10.3. The summed E-state index contributed by atoms with van der Waals surface area (Å²) in [6.07, 6.45) is -0.467. The monoisotopic (exact) mass is 223 g/mol. The minimum atomic E-state index is -0.460. The number of carbonyl (C=O) groups is 1. The molecule has 0 aromatic heterocycles.